The van der Waals surface area contributed by atoms with Crippen LogP contribution in [0, 0.1) is 13.8 Å². The first-order valence-electron chi connectivity index (χ1n) is 15.5. The van der Waals surface area contributed by atoms with E-state index in [9.17, 15) is 54.0 Å². The third-order valence-corrected chi connectivity index (χ3v) is 11.1. The summed E-state index contributed by atoms with van der Waals surface area (Å²) in [6.07, 6.45) is -9.88. The summed E-state index contributed by atoms with van der Waals surface area (Å²) in [5.74, 6) is 0.0305. The molecule has 1 aliphatic rings. The van der Waals surface area contributed by atoms with Gasteiger partial charge >= 0.3 is 27.0 Å². The largest absolute Gasteiger partial charge is 0.481 e. The number of phosphoric acid groups is 2. The first-order chi connectivity index (χ1) is 24.9. The maximum atomic E-state index is 12.5. The third kappa shape index (κ3) is 7.91. The van der Waals surface area contributed by atoms with Crippen LogP contribution < -0.4 is 21.5 Å². The topological polar surface area (TPSA) is 365 Å². The summed E-state index contributed by atoms with van der Waals surface area (Å²) >= 11 is 0. The number of ether oxygens (including phenoxy) is 1. The number of H-pyrrole nitrogens is 2. The van der Waals surface area contributed by atoms with Crippen LogP contribution in [0.4, 0.5) is 5.82 Å². The molecule has 0 saturated carbocycles. The van der Waals surface area contributed by atoms with Gasteiger partial charge in [0.25, 0.3) is 5.56 Å². The maximum absolute atomic E-state index is 12.5. The highest BCUT2D eigenvalue weighted by Crippen LogP contribution is 2.60. The van der Waals surface area contributed by atoms with Gasteiger partial charge in [0.15, 0.2) is 23.2 Å². The van der Waals surface area contributed by atoms with Gasteiger partial charge in [0.1, 0.15) is 60.5 Å². The molecule has 5 heterocycles. The Balaban J connectivity index is 1.07. The minimum absolute atomic E-state index is 0.0305. The van der Waals surface area contributed by atoms with Gasteiger partial charge in [0, 0.05) is 0 Å². The van der Waals surface area contributed by atoms with Crippen LogP contribution in [-0.2, 0) is 33.8 Å². The zero-order valence-corrected chi connectivity index (χ0v) is 29.3. The number of hydrogen-bond donors (Lipinski definition) is 10. The lowest BCUT2D eigenvalue weighted by Crippen LogP contribution is -2.51. The molecule has 26 heteroatoms. The van der Waals surface area contributed by atoms with E-state index in [-0.39, 0.29) is 28.1 Å². The first-order valence-corrected chi connectivity index (χ1v) is 18.5. The Bertz CT molecular complexity index is 2410. The van der Waals surface area contributed by atoms with E-state index >= 15 is 0 Å². The fourth-order valence-corrected chi connectivity index (χ4v) is 7.70. The lowest BCUT2D eigenvalue weighted by molar-refractivity contribution is -0.657. The number of rotatable bonds is 13. The van der Waals surface area contributed by atoms with E-state index in [4.69, 9.17) is 15.0 Å². The molecule has 2 unspecified atom stereocenters. The number of phosphoric ester groups is 2. The summed E-state index contributed by atoms with van der Waals surface area (Å²) in [5, 5.41) is 53.1. The number of aryl methyl sites for hydroxylation is 2. The highest BCUT2D eigenvalue weighted by molar-refractivity contribution is 7.61. The summed E-state index contributed by atoms with van der Waals surface area (Å²) in [6, 6.07) is 3.33. The van der Waals surface area contributed by atoms with Gasteiger partial charge in [-0.05, 0) is 37.1 Å². The van der Waals surface area contributed by atoms with Crippen molar-refractivity contribution in [2.24, 2.45) is 0 Å². The van der Waals surface area contributed by atoms with Crippen LogP contribution in [0.3, 0.4) is 0 Å². The highest BCUT2D eigenvalue weighted by Gasteiger charge is 2.46. The Kier molecular flexibility index (Phi) is 10.6. The number of nitrogens with two attached hydrogens (primary N) is 1. The summed E-state index contributed by atoms with van der Waals surface area (Å²) in [7, 11) is -11.0. The van der Waals surface area contributed by atoms with Crippen molar-refractivity contribution in [1.82, 2.24) is 34.5 Å². The molecular weight excluding hydrogens is 752 g/mol. The van der Waals surface area contributed by atoms with E-state index in [2.05, 4.69) is 38.7 Å². The van der Waals surface area contributed by atoms with Gasteiger partial charge in [-0.2, -0.15) is 9.29 Å². The highest BCUT2D eigenvalue weighted by atomic mass is 31.3. The second kappa shape index (κ2) is 14.6. The van der Waals surface area contributed by atoms with Gasteiger partial charge in [-0.1, -0.05) is 0 Å². The van der Waals surface area contributed by atoms with E-state index in [1.807, 2.05) is 0 Å². The molecule has 0 amide bonds. The number of aliphatic hydroxyl groups is 5. The van der Waals surface area contributed by atoms with Crippen LogP contribution in [0.2, 0.25) is 0 Å². The Morgan fingerprint density at radius 3 is 2.42 bits per heavy atom. The number of aromatic amines is 2. The van der Waals surface area contributed by atoms with Crippen LogP contribution >= 0.6 is 15.6 Å². The molecule has 5 aromatic rings. The van der Waals surface area contributed by atoms with Gasteiger partial charge in [-0.15, -0.1) is 0 Å². The summed E-state index contributed by atoms with van der Waals surface area (Å²) < 4.78 is 46.7. The Morgan fingerprint density at radius 2 is 1.68 bits per heavy atom. The molecular formula is C27H34N9O15P2+. The quantitative estimate of drug-likeness (QED) is 0.0324. The zero-order valence-electron chi connectivity index (χ0n) is 27.5. The molecule has 9 atom stereocenters. The van der Waals surface area contributed by atoms with E-state index in [0.717, 1.165) is 17.5 Å². The number of nitrogens with one attached hydrogen (secondary N) is 2. The second-order valence-electron chi connectivity index (χ2n) is 12.1. The van der Waals surface area contributed by atoms with Crippen LogP contribution in [0.1, 0.15) is 17.4 Å². The fraction of sp³-hybridized carbons (Fsp3) is 0.444. The smallest absolute Gasteiger partial charge is 0.388 e. The molecule has 286 valence electrons. The lowest BCUT2D eigenvalue weighted by Gasteiger charge is -2.24. The van der Waals surface area contributed by atoms with Crippen LogP contribution in [0.25, 0.3) is 33.4 Å². The molecule has 11 N–H and O–H groups in total. The van der Waals surface area contributed by atoms with Crippen molar-refractivity contribution < 1.29 is 67.1 Å². The van der Waals surface area contributed by atoms with Crippen molar-refractivity contribution in [3.05, 3.63) is 56.8 Å². The van der Waals surface area contributed by atoms with Crippen LogP contribution in [0.15, 0.2) is 34.4 Å². The third-order valence-electron chi connectivity index (χ3n) is 8.46. The molecule has 1 aliphatic heterocycles. The van der Waals surface area contributed by atoms with E-state index in [0.29, 0.717) is 11.0 Å². The van der Waals surface area contributed by atoms with Crippen LogP contribution in [0.5, 0.6) is 0 Å². The van der Waals surface area contributed by atoms with Crippen LogP contribution in [-0.4, -0.2) is 120 Å². The molecule has 0 radical (unpaired) electrons. The number of aromatic nitrogens is 8. The zero-order chi connectivity index (χ0) is 38.6. The van der Waals surface area contributed by atoms with Crippen molar-refractivity contribution in [2.45, 2.75) is 63.2 Å². The number of nitrogens with zero attached hydrogens (tertiary/aromatic N) is 6. The minimum Gasteiger partial charge on any atom is -0.388 e. The van der Waals surface area contributed by atoms with E-state index < -0.39 is 89.5 Å². The summed E-state index contributed by atoms with van der Waals surface area (Å²) in [5.41, 5.74) is 6.28. The van der Waals surface area contributed by atoms with Crippen molar-refractivity contribution in [3.63, 3.8) is 0 Å². The maximum Gasteiger partial charge on any atom is 0.481 e. The van der Waals surface area contributed by atoms with Crippen molar-refractivity contribution in [1.29, 1.82) is 0 Å². The Labute approximate surface area is 295 Å². The number of aliphatic hydroxyl groups excluding tert-OH is 5. The normalized spacial score (nSPS) is 23.3. The molecule has 0 aliphatic carbocycles. The van der Waals surface area contributed by atoms with Gasteiger partial charge in [0.05, 0.1) is 19.5 Å². The van der Waals surface area contributed by atoms with E-state index in [1.165, 1.54) is 15.5 Å². The first kappa shape index (κ1) is 38.6. The lowest BCUT2D eigenvalue weighted by atomic mass is 10.1. The molecule has 0 bridgehead atoms. The van der Waals surface area contributed by atoms with Gasteiger partial charge in [-0.25, -0.2) is 38.4 Å². The predicted molar refractivity (Wildman–Crippen MR) is 176 cm³/mol. The standard InChI is InChI=1S/C27H33N9O15P2/c1-10-3-12-13(4-11(10)2)35(24-18(32-12)25(42)34-27(43)33-24)5-14(37)19(39)15(38)6-48-52(44,45)51-53(46,47)49-7-16-20(40)21(41)26(50-16)36-9-31-17-22(28)29-8-30-23(17)36/h3-4,8-9,14-16,19-21,26,37-41H,5-7H2,1-2H3,(H5,28,29,30,34,42,43,44,45,46,47)/p+1/t14-,15-,16-,19+,20+,21+,26+/m1/s1. The van der Waals surface area contributed by atoms with Crippen molar-refractivity contribution in [2.75, 3.05) is 18.9 Å². The van der Waals surface area contributed by atoms with Gasteiger partial charge in [-0.3, -0.25) is 23.4 Å². The van der Waals surface area contributed by atoms with Crippen molar-refractivity contribution >= 4 is 54.8 Å². The van der Waals surface area contributed by atoms with E-state index in [1.54, 1.807) is 26.0 Å². The molecule has 0 spiro atoms. The number of imidazole rings is 1. The molecule has 4 aromatic heterocycles. The molecule has 53 heavy (non-hydrogen) atoms. The Morgan fingerprint density at radius 1 is 0.981 bits per heavy atom. The number of anilines is 1. The average molecular weight is 787 g/mol. The number of hydrogen-bond acceptors (Lipinski definition) is 18. The predicted octanol–water partition coefficient (Wildman–Crippen LogP) is -2.96. The molecule has 1 aromatic carbocycles. The summed E-state index contributed by atoms with van der Waals surface area (Å²) in [4.78, 5) is 65.4. The SMILES string of the molecule is Cc1cc2nc3c(=O)[nH]c(=O)[nH]c3[n+](C[C@@H](O)[C@H](O)[C@H](O)COP(=O)(O)OP(=O)(O)OC[C@H]3O[C@H](n4cnc5c(N)ncnc54)[C@@H](O)[C@H]3O)c2cc1C. The second-order valence-corrected chi connectivity index (χ2v) is 15.2. The monoisotopic (exact) mass is 786 g/mol. The summed E-state index contributed by atoms with van der Waals surface area (Å²) in [6.45, 7) is 0.855. The number of fused-ring (bicyclic) bond motifs is 3. The Hall–Kier alpha value is -4.13. The van der Waals surface area contributed by atoms with Gasteiger partial charge in [0.2, 0.25) is 5.52 Å². The fourth-order valence-electron chi connectivity index (χ4n) is 5.61. The van der Waals surface area contributed by atoms with Gasteiger partial charge < -0.3 is 45.8 Å². The molecule has 6 rings (SSSR count). The number of nitrogen functional groups attached to an aromatic ring is 1. The average Bonchev–Trinajstić information content (AvgIpc) is 3.63. The molecule has 1 saturated heterocycles. The van der Waals surface area contributed by atoms with Crippen molar-refractivity contribution in [3.8, 4) is 0 Å². The number of benzene rings is 1. The minimum atomic E-state index is -5.54. The molecule has 24 nitrogen and oxygen atoms in total. The molecule has 1 fully saturated rings.